The van der Waals surface area contributed by atoms with Crippen molar-refractivity contribution in [2.75, 3.05) is 36.0 Å². The summed E-state index contributed by atoms with van der Waals surface area (Å²) in [6.07, 6.45) is 11.1. The van der Waals surface area contributed by atoms with E-state index in [0.717, 1.165) is 61.6 Å². The molecular weight excluding hydrogens is 356 g/mol. The monoisotopic (exact) mass is 380 g/mol. The molecule has 2 saturated heterocycles. The molecule has 0 aliphatic carbocycles. The van der Waals surface area contributed by atoms with Crippen LogP contribution in [0.25, 0.3) is 11.0 Å². The van der Waals surface area contributed by atoms with E-state index in [1.807, 2.05) is 13.2 Å². The summed E-state index contributed by atoms with van der Waals surface area (Å²) in [6.45, 7) is 3.33. The highest BCUT2D eigenvalue weighted by molar-refractivity contribution is 5.86. The van der Waals surface area contributed by atoms with E-state index in [0.29, 0.717) is 6.54 Å². The fraction of sp³-hybridized carbons (Fsp3) is 0.526. The second kappa shape index (κ2) is 6.66. The number of aliphatic hydroxyl groups is 1. The highest BCUT2D eigenvalue weighted by Crippen LogP contribution is 2.42. The van der Waals surface area contributed by atoms with Crippen LogP contribution in [0.3, 0.4) is 0 Å². The first-order valence-electron chi connectivity index (χ1n) is 9.70. The number of nitrogens with zero attached hydrogens (tertiary/aromatic N) is 8. The van der Waals surface area contributed by atoms with Gasteiger partial charge in [0.05, 0.1) is 23.9 Å². The zero-order chi connectivity index (χ0) is 19.1. The quantitative estimate of drug-likeness (QED) is 0.704. The Hall–Kier alpha value is -2.81. The number of anilines is 2. The van der Waals surface area contributed by atoms with Crippen molar-refractivity contribution in [2.24, 2.45) is 12.5 Å². The van der Waals surface area contributed by atoms with E-state index >= 15 is 0 Å². The molecule has 5 heterocycles. The van der Waals surface area contributed by atoms with Gasteiger partial charge in [0.2, 0.25) is 0 Å². The van der Waals surface area contributed by atoms with Gasteiger partial charge in [-0.1, -0.05) is 0 Å². The first-order valence-corrected chi connectivity index (χ1v) is 9.70. The third kappa shape index (κ3) is 2.95. The van der Waals surface area contributed by atoms with Crippen molar-refractivity contribution in [3.63, 3.8) is 0 Å². The Morgan fingerprint density at radius 1 is 1.07 bits per heavy atom. The Labute approximate surface area is 163 Å². The number of piperidine rings is 2. The maximum atomic E-state index is 10.6. The van der Waals surface area contributed by atoms with Gasteiger partial charge in [-0.05, 0) is 24.7 Å². The van der Waals surface area contributed by atoms with Gasteiger partial charge in [0.25, 0.3) is 0 Å². The van der Waals surface area contributed by atoms with Gasteiger partial charge < -0.3 is 14.9 Å². The molecule has 2 fully saturated rings. The summed E-state index contributed by atoms with van der Waals surface area (Å²) in [5.41, 5.74) is 0.944. The van der Waals surface area contributed by atoms with Crippen LogP contribution in [0.2, 0.25) is 0 Å². The van der Waals surface area contributed by atoms with Crippen molar-refractivity contribution >= 4 is 22.7 Å². The average Bonchev–Trinajstić information content (AvgIpc) is 3.10. The third-order valence-corrected chi connectivity index (χ3v) is 6.13. The molecule has 0 aromatic carbocycles. The lowest BCUT2D eigenvalue weighted by atomic mass is 9.71. The van der Waals surface area contributed by atoms with E-state index in [1.165, 1.54) is 0 Å². The predicted molar refractivity (Wildman–Crippen MR) is 105 cm³/mol. The summed E-state index contributed by atoms with van der Waals surface area (Å²) in [5, 5.41) is 15.9. The number of hydrogen-bond donors (Lipinski definition) is 1. The molecule has 9 nitrogen and oxygen atoms in total. The number of β-amino-alcohol motifs (C(OH)–C–C–N with tert-alkyl or cyclic N) is 1. The lowest BCUT2D eigenvalue weighted by molar-refractivity contribution is 0.0595. The summed E-state index contributed by atoms with van der Waals surface area (Å²) >= 11 is 0. The second-order valence-electron chi connectivity index (χ2n) is 7.99. The van der Waals surface area contributed by atoms with Gasteiger partial charge in [-0.15, -0.1) is 0 Å². The summed E-state index contributed by atoms with van der Waals surface area (Å²) in [6, 6.07) is 0. The van der Waals surface area contributed by atoms with Gasteiger partial charge >= 0.3 is 0 Å². The SMILES string of the molecule is Cn1ncc2c(N3CCC4(CC3)CC(O)CN(c3cnccn3)C4)ncnc21. The molecular formula is C19H24N8O. The molecule has 0 saturated carbocycles. The molecule has 5 rings (SSSR count). The zero-order valence-electron chi connectivity index (χ0n) is 15.9. The molecule has 9 heteroatoms. The molecule has 1 spiro atoms. The molecule has 28 heavy (non-hydrogen) atoms. The Morgan fingerprint density at radius 3 is 2.71 bits per heavy atom. The normalized spacial score (nSPS) is 22.1. The molecule has 0 bridgehead atoms. The van der Waals surface area contributed by atoms with Gasteiger partial charge in [0.1, 0.15) is 18.0 Å². The number of rotatable bonds is 2. The van der Waals surface area contributed by atoms with Crippen LogP contribution in [0.15, 0.2) is 31.1 Å². The van der Waals surface area contributed by atoms with Gasteiger partial charge in [0.15, 0.2) is 5.65 Å². The highest BCUT2D eigenvalue weighted by Gasteiger charge is 2.42. The standard InChI is InChI=1S/C19H24N8O/c1-25-17-15(9-24-25)18(23-13-22-17)26-6-2-19(3-7-26)8-14(28)11-27(12-19)16-10-20-4-5-21-16/h4-5,9-10,13-14,28H,2-3,6-8,11-12H2,1H3. The molecule has 0 radical (unpaired) electrons. The largest absolute Gasteiger partial charge is 0.391 e. The van der Waals surface area contributed by atoms with Crippen molar-refractivity contribution in [3.8, 4) is 0 Å². The average molecular weight is 380 g/mol. The minimum Gasteiger partial charge on any atom is -0.391 e. The second-order valence-corrected chi connectivity index (χ2v) is 7.99. The Kier molecular flexibility index (Phi) is 4.12. The number of aromatic nitrogens is 6. The van der Waals surface area contributed by atoms with E-state index in [2.05, 4.69) is 34.8 Å². The van der Waals surface area contributed by atoms with Crippen molar-refractivity contribution in [3.05, 3.63) is 31.1 Å². The van der Waals surface area contributed by atoms with Crippen molar-refractivity contribution in [1.29, 1.82) is 0 Å². The van der Waals surface area contributed by atoms with Crippen LogP contribution < -0.4 is 9.80 Å². The van der Waals surface area contributed by atoms with Crippen molar-refractivity contribution in [1.82, 2.24) is 29.7 Å². The Morgan fingerprint density at radius 2 is 1.93 bits per heavy atom. The first kappa shape index (κ1) is 17.3. The molecule has 3 aromatic heterocycles. The molecule has 2 aliphatic rings. The van der Waals surface area contributed by atoms with Crippen LogP contribution in [0.5, 0.6) is 0 Å². The fourth-order valence-electron chi connectivity index (χ4n) is 4.74. The van der Waals surface area contributed by atoms with Crippen LogP contribution in [-0.2, 0) is 7.05 Å². The van der Waals surface area contributed by atoms with Gasteiger partial charge in [-0.25, -0.2) is 15.0 Å². The van der Waals surface area contributed by atoms with Crippen LogP contribution in [0.1, 0.15) is 19.3 Å². The number of aryl methyl sites for hydroxylation is 1. The van der Waals surface area contributed by atoms with E-state index in [4.69, 9.17) is 0 Å². The maximum Gasteiger partial charge on any atom is 0.163 e. The number of aliphatic hydroxyl groups excluding tert-OH is 1. The van der Waals surface area contributed by atoms with Crippen LogP contribution in [0, 0.1) is 5.41 Å². The molecule has 1 atom stereocenters. The molecule has 146 valence electrons. The maximum absolute atomic E-state index is 10.6. The van der Waals surface area contributed by atoms with Gasteiger partial charge in [0, 0.05) is 45.6 Å². The van der Waals surface area contributed by atoms with Gasteiger partial charge in [-0.3, -0.25) is 9.67 Å². The lowest BCUT2D eigenvalue weighted by Gasteiger charge is -2.49. The predicted octanol–water partition coefficient (Wildman–Crippen LogP) is 1.01. The summed E-state index contributed by atoms with van der Waals surface area (Å²) < 4.78 is 1.78. The summed E-state index contributed by atoms with van der Waals surface area (Å²) in [4.78, 5) is 22.0. The number of hydrogen-bond acceptors (Lipinski definition) is 8. The highest BCUT2D eigenvalue weighted by atomic mass is 16.3. The minimum absolute atomic E-state index is 0.0901. The van der Waals surface area contributed by atoms with Crippen LogP contribution in [-0.4, -0.2) is 67.1 Å². The lowest BCUT2D eigenvalue weighted by Crippen LogP contribution is -2.54. The fourth-order valence-corrected chi connectivity index (χ4v) is 4.74. The topological polar surface area (TPSA) is 96.1 Å². The van der Waals surface area contributed by atoms with Crippen LogP contribution >= 0.6 is 0 Å². The third-order valence-electron chi connectivity index (χ3n) is 6.13. The van der Waals surface area contributed by atoms with E-state index in [9.17, 15) is 5.11 Å². The van der Waals surface area contributed by atoms with Crippen molar-refractivity contribution < 1.29 is 5.11 Å². The van der Waals surface area contributed by atoms with Gasteiger partial charge in [-0.2, -0.15) is 5.10 Å². The zero-order valence-corrected chi connectivity index (χ0v) is 15.9. The summed E-state index contributed by atoms with van der Waals surface area (Å²) in [5.74, 6) is 1.80. The molecule has 0 amide bonds. The smallest absolute Gasteiger partial charge is 0.163 e. The summed E-state index contributed by atoms with van der Waals surface area (Å²) in [7, 11) is 1.90. The van der Waals surface area contributed by atoms with E-state index < -0.39 is 0 Å². The van der Waals surface area contributed by atoms with E-state index in [1.54, 1.807) is 29.6 Å². The molecule has 1 N–H and O–H groups in total. The Balaban J connectivity index is 1.35. The number of fused-ring (bicyclic) bond motifs is 1. The van der Waals surface area contributed by atoms with E-state index in [-0.39, 0.29) is 11.5 Å². The van der Waals surface area contributed by atoms with Crippen LogP contribution in [0.4, 0.5) is 11.6 Å². The molecule has 2 aliphatic heterocycles. The van der Waals surface area contributed by atoms with Crippen molar-refractivity contribution in [2.45, 2.75) is 25.4 Å². The molecule has 1 unspecified atom stereocenters. The first-order chi connectivity index (χ1) is 13.6. The molecule has 3 aromatic rings. The Bertz CT molecular complexity index is 966. The minimum atomic E-state index is -0.341.